The predicted octanol–water partition coefficient (Wildman–Crippen LogP) is 13.4. The molecule has 0 aliphatic rings. The zero-order valence-corrected chi connectivity index (χ0v) is 38.4. The smallest absolute Gasteiger partial charge is 0.416 e. The van der Waals surface area contributed by atoms with Crippen LogP contribution in [0.4, 0.5) is 64.1 Å². The Morgan fingerprint density at radius 3 is 1.42 bits per heavy atom. The van der Waals surface area contributed by atoms with Gasteiger partial charge in [-0.2, -0.15) is 52.7 Å². The average Bonchev–Trinajstić information content (AvgIpc) is 3.27. The third-order valence-electron chi connectivity index (χ3n) is 9.86. The van der Waals surface area contributed by atoms with Gasteiger partial charge in [0, 0.05) is 7.05 Å². The number of carbonyl (C=O) groups is 2. The molecule has 0 aromatic heterocycles. The Morgan fingerprint density at radius 2 is 0.958 bits per heavy atom. The lowest BCUT2D eigenvalue weighted by molar-refractivity contribution is -0.143. The van der Waals surface area contributed by atoms with E-state index in [0.717, 1.165) is 49.9 Å². The molecule has 0 amide bonds. The molecule has 0 radical (unpaired) electrons. The molecule has 0 saturated heterocycles. The molecular formula is C45H40F12N2O10S2. The number of para-hydroxylation sites is 2. The molecule has 71 heavy (non-hydrogen) atoms. The average molecular weight is 1060 g/mol. The maximum absolute atomic E-state index is 13.4. The van der Waals surface area contributed by atoms with E-state index >= 15 is 0 Å². The van der Waals surface area contributed by atoms with E-state index in [1.807, 2.05) is 0 Å². The fourth-order valence-corrected chi connectivity index (χ4v) is 8.71. The van der Waals surface area contributed by atoms with E-state index in [4.69, 9.17) is 9.47 Å². The van der Waals surface area contributed by atoms with Crippen LogP contribution in [0.15, 0.2) is 108 Å². The lowest BCUT2D eigenvalue weighted by Gasteiger charge is -2.24. The number of halogens is 12. The first-order chi connectivity index (χ1) is 32.8. The van der Waals surface area contributed by atoms with Gasteiger partial charge in [-0.3, -0.25) is 9.03 Å². The number of aromatic carboxylic acids is 2. The second-order valence-electron chi connectivity index (χ2n) is 15.1. The molecule has 3 N–H and O–H groups in total. The van der Waals surface area contributed by atoms with Crippen molar-refractivity contribution in [3.05, 3.63) is 137 Å². The van der Waals surface area contributed by atoms with Crippen molar-refractivity contribution in [2.24, 2.45) is 0 Å². The Morgan fingerprint density at radius 1 is 0.535 bits per heavy atom. The van der Waals surface area contributed by atoms with Crippen LogP contribution in [0.2, 0.25) is 0 Å². The van der Waals surface area contributed by atoms with Crippen LogP contribution in [0.1, 0.15) is 88.4 Å². The van der Waals surface area contributed by atoms with Gasteiger partial charge in [0.05, 0.1) is 44.3 Å². The Bertz CT molecular complexity index is 2890. The van der Waals surface area contributed by atoms with Crippen molar-refractivity contribution in [1.82, 2.24) is 0 Å². The van der Waals surface area contributed by atoms with Crippen LogP contribution in [-0.4, -0.2) is 51.8 Å². The van der Waals surface area contributed by atoms with Crippen LogP contribution in [-0.2, 0) is 44.8 Å². The quantitative estimate of drug-likeness (QED) is 0.0565. The van der Waals surface area contributed by atoms with E-state index in [1.165, 1.54) is 36.4 Å². The number of ether oxygens (including phenoxy) is 2. The molecule has 5 rings (SSSR count). The van der Waals surface area contributed by atoms with Crippen molar-refractivity contribution < 1.29 is 98.8 Å². The number of unbranched alkanes of at least 4 members (excludes halogenated alkanes) is 5. The fraction of sp³-hybridized carbons (Fsp3) is 0.289. The van der Waals surface area contributed by atoms with E-state index in [-0.39, 0.29) is 51.4 Å². The molecule has 0 unspecified atom stereocenters. The minimum atomic E-state index is -5.41. The summed E-state index contributed by atoms with van der Waals surface area (Å²) in [5.74, 6) is -4.59. The number of carboxylic acids is 2. The normalized spacial score (nSPS) is 12.4. The summed E-state index contributed by atoms with van der Waals surface area (Å²) in [6.45, 7) is 2.07. The highest BCUT2D eigenvalue weighted by atomic mass is 32.2. The molecule has 0 spiro atoms. The third kappa shape index (κ3) is 15.6. The molecule has 0 aliphatic carbocycles. The summed E-state index contributed by atoms with van der Waals surface area (Å²) in [5, 5.41) is 18.6. The molecule has 0 aliphatic heterocycles. The van der Waals surface area contributed by atoms with Gasteiger partial charge in [0.25, 0.3) is 10.0 Å². The SMILES string of the molecule is CCCCCCCCS(=O)(=O)Nc1cc(C(F)(F)F)ccc1Oc1ccccc1C(=O)O.CN(c1cc(C(F)(F)F)ccc1Oc1ccccc1C(=O)O)S(=O)(=O)c1cc(C(F)(F)F)cc(C(F)(F)F)c1. The van der Waals surface area contributed by atoms with Crippen LogP contribution in [0.5, 0.6) is 23.0 Å². The van der Waals surface area contributed by atoms with Crippen molar-refractivity contribution >= 4 is 43.4 Å². The first-order valence-corrected chi connectivity index (χ1v) is 23.6. The molecule has 5 aromatic carbocycles. The van der Waals surface area contributed by atoms with Gasteiger partial charge < -0.3 is 19.7 Å². The van der Waals surface area contributed by atoms with Gasteiger partial charge in [-0.05, 0) is 85.3 Å². The largest absolute Gasteiger partial charge is 0.478 e. The van der Waals surface area contributed by atoms with Crippen LogP contribution in [0.25, 0.3) is 0 Å². The van der Waals surface area contributed by atoms with Crippen molar-refractivity contribution in [1.29, 1.82) is 0 Å². The van der Waals surface area contributed by atoms with E-state index < -0.39 is 112 Å². The molecule has 0 heterocycles. The number of hydrogen-bond donors (Lipinski definition) is 3. The molecule has 0 saturated carbocycles. The monoisotopic (exact) mass is 1060 g/mol. The molecule has 0 bridgehead atoms. The molecular weight excluding hydrogens is 1020 g/mol. The van der Waals surface area contributed by atoms with E-state index in [0.29, 0.717) is 38.1 Å². The van der Waals surface area contributed by atoms with Gasteiger partial charge >= 0.3 is 36.6 Å². The molecule has 0 atom stereocenters. The lowest BCUT2D eigenvalue weighted by atomic mass is 10.1. The Labute approximate surface area is 397 Å². The van der Waals surface area contributed by atoms with Crippen LogP contribution in [0.3, 0.4) is 0 Å². The maximum Gasteiger partial charge on any atom is 0.416 e. The second-order valence-corrected chi connectivity index (χ2v) is 18.9. The number of anilines is 2. The number of nitrogens with zero attached hydrogens (tertiary/aromatic N) is 1. The van der Waals surface area contributed by atoms with E-state index in [2.05, 4.69) is 11.6 Å². The Hall–Kier alpha value is -6.70. The number of hydrogen-bond acceptors (Lipinski definition) is 8. The second kappa shape index (κ2) is 22.6. The summed E-state index contributed by atoms with van der Waals surface area (Å²) in [4.78, 5) is 21.3. The Balaban J connectivity index is 0.000000315. The van der Waals surface area contributed by atoms with Gasteiger partial charge in [0.1, 0.15) is 22.6 Å². The number of rotatable bonds is 18. The highest BCUT2D eigenvalue weighted by molar-refractivity contribution is 7.93. The Kier molecular flexibility index (Phi) is 18.1. The molecule has 0 fully saturated rings. The minimum Gasteiger partial charge on any atom is -0.478 e. The summed E-state index contributed by atoms with van der Waals surface area (Å²) >= 11 is 0. The van der Waals surface area contributed by atoms with Gasteiger partial charge in [-0.25, -0.2) is 26.4 Å². The van der Waals surface area contributed by atoms with Crippen LogP contribution in [0, 0.1) is 0 Å². The highest BCUT2D eigenvalue weighted by Gasteiger charge is 2.40. The fourth-order valence-electron chi connectivity index (χ4n) is 6.26. The van der Waals surface area contributed by atoms with E-state index in [1.54, 1.807) is 0 Å². The standard InChI is InChI=1S/C23H14F9NO5S.C22H26F3NO5S/c1-33(39(36,37)15-9-13(22(27,28)29)8-14(10-15)23(30,31)32)17-11-12(21(24,25)26)6-7-19(17)38-18-5-3-2-4-16(18)20(34)35;1-2-3-4-5-6-9-14-32(29,30)26-18-15-16(22(23,24)25)12-13-20(18)31-19-11-8-7-10-17(19)21(27)28/h2-11H,1H3,(H,34,35);7-8,10-13,15,26H,2-6,9,14H2,1H3,(H,27,28). The van der Waals surface area contributed by atoms with Crippen molar-refractivity contribution in [3.8, 4) is 23.0 Å². The van der Waals surface area contributed by atoms with Crippen LogP contribution < -0.4 is 18.5 Å². The summed E-state index contributed by atoms with van der Waals surface area (Å²) < 4.78 is 224. The van der Waals surface area contributed by atoms with Crippen molar-refractivity contribution in [2.45, 2.75) is 75.0 Å². The van der Waals surface area contributed by atoms with Gasteiger partial charge in [-0.1, -0.05) is 63.3 Å². The molecule has 5 aromatic rings. The lowest BCUT2D eigenvalue weighted by Crippen LogP contribution is -2.28. The topological polar surface area (TPSA) is 177 Å². The number of carboxylic acid groups (broad SMARTS) is 2. The number of benzene rings is 5. The van der Waals surface area contributed by atoms with Crippen molar-refractivity contribution in [3.63, 3.8) is 0 Å². The molecule has 12 nitrogen and oxygen atoms in total. The first-order valence-electron chi connectivity index (χ1n) is 20.5. The molecule has 386 valence electrons. The highest BCUT2D eigenvalue weighted by Crippen LogP contribution is 2.43. The molecule has 26 heteroatoms. The van der Waals surface area contributed by atoms with Crippen LogP contribution >= 0.6 is 0 Å². The zero-order chi connectivity index (χ0) is 53.3. The maximum atomic E-state index is 13.4. The first kappa shape index (κ1) is 56.9. The zero-order valence-electron chi connectivity index (χ0n) is 36.7. The number of nitrogens with one attached hydrogen (secondary N) is 1. The summed E-state index contributed by atoms with van der Waals surface area (Å²) in [6, 6.07) is 13.4. The number of alkyl halides is 12. The summed E-state index contributed by atoms with van der Waals surface area (Å²) in [6.07, 6.45) is -15.5. The van der Waals surface area contributed by atoms with Gasteiger partial charge in [0.15, 0.2) is 11.5 Å². The summed E-state index contributed by atoms with van der Waals surface area (Å²) in [7, 11) is -8.76. The summed E-state index contributed by atoms with van der Waals surface area (Å²) in [5.41, 5.74) is -8.52. The number of sulfonamides is 2. The minimum absolute atomic E-state index is 0.00338. The predicted molar refractivity (Wildman–Crippen MR) is 233 cm³/mol. The third-order valence-corrected chi connectivity index (χ3v) is 13.0. The van der Waals surface area contributed by atoms with Gasteiger partial charge in [-0.15, -0.1) is 0 Å². The van der Waals surface area contributed by atoms with E-state index in [9.17, 15) is 89.3 Å². The van der Waals surface area contributed by atoms with Crippen molar-refractivity contribution in [2.75, 3.05) is 21.8 Å². The van der Waals surface area contributed by atoms with Gasteiger partial charge in [0.2, 0.25) is 10.0 Å².